The van der Waals surface area contributed by atoms with Gasteiger partial charge in [0.15, 0.2) is 5.69 Å². The van der Waals surface area contributed by atoms with E-state index >= 15 is 0 Å². The van der Waals surface area contributed by atoms with Gasteiger partial charge in [-0.15, -0.1) is 0 Å². The molecular weight excluding hydrogens is 218 g/mol. The number of aromatic carboxylic acids is 1. The highest BCUT2D eigenvalue weighted by Gasteiger charge is 2.26. The molecule has 17 heavy (non-hydrogen) atoms. The highest BCUT2D eigenvalue weighted by atomic mass is 16.4. The molecule has 0 fully saturated rings. The van der Waals surface area contributed by atoms with Crippen LogP contribution in [0.3, 0.4) is 0 Å². The number of nitrogens with zero attached hydrogens (tertiary/aromatic N) is 2. The highest BCUT2D eigenvalue weighted by Crippen LogP contribution is 2.22. The molecule has 0 spiro atoms. The number of imidazole rings is 1. The van der Waals surface area contributed by atoms with Crippen molar-refractivity contribution in [3.63, 3.8) is 0 Å². The highest BCUT2D eigenvalue weighted by molar-refractivity contribution is 5.87. The molecular formula is C12H19N3O2. The van der Waals surface area contributed by atoms with Gasteiger partial charge in [0.2, 0.25) is 0 Å². The van der Waals surface area contributed by atoms with E-state index in [2.05, 4.69) is 18.8 Å². The summed E-state index contributed by atoms with van der Waals surface area (Å²) < 4.78 is 2.01. The predicted molar refractivity (Wildman–Crippen MR) is 64.0 cm³/mol. The lowest BCUT2D eigenvalue weighted by atomic mass is 10.0. The van der Waals surface area contributed by atoms with Crippen molar-refractivity contribution in [2.45, 2.75) is 45.7 Å². The molecule has 0 aromatic carbocycles. The fourth-order valence-corrected chi connectivity index (χ4v) is 2.35. The van der Waals surface area contributed by atoms with Crippen LogP contribution in [0.2, 0.25) is 0 Å². The Morgan fingerprint density at radius 2 is 2.35 bits per heavy atom. The summed E-state index contributed by atoms with van der Waals surface area (Å²) in [6.07, 6.45) is 2.36. The van der Waals surface area contributed by atoms with E-state index in [9.17, 15) is 4.79 Å². The van der Waals surface area contributed by atoms with Crippen molar-refractivity contribution < 1.29 is 9.90 Å². The lowest BCUT2D eigenvalue weighted by Crippen LogP contribution is -2.33. The first-order valence-corrected chi connectivity index (χ1v) is 6.06. The van der Waals surface area contributed by atoms with Gasteiger partial charge in [-0.25, -0.2) is 9.78 Å². The molecule has 0 aliphatic carbocycles. The monoisotopic (exact) mass is 237 g/mol. The summed E-state index contributed by atoms with van der Waals surface area (Å²) in [4.78, 5) is 15.4. The lowest BCUT2D eigenvalue weighted by molar-refractivity contribution is 0.0689. The van der Waals surface area contributed by atoms with Crippen LogP contribution in [0.1, 0.15) is 42.3 Å². The van der Waals surface area contributed by atoms with Gasteiger partial charge in [0, 0.05) is 19.0 Å². The Morgan fingerprint density at radius 3 is 2.94 bits per heavy atom. The van der Waals surface area contributed by atoms with E-state index in [1.807, 2.05) is 4.57 Å². The lowest BCUT2D eigenvalue weighted by Gasteiger charge is -2.23. The minimum Gasteiger partial charge on any atom is -0.476 e. The Hall–Kier alpha value is -1.36. The molecule has 1 unspecified atom stereocenters. The first kappa shape index (κ1) is 12.1. The van der Waals surface area contributed by atoms with Crippen molar-refractivity contribution in [3.05, 3.63) is 17.2 Å². The predicted octanol–water partition coefficient (Wildman–Crippen LogP) is 1.05. The summed E-state index contributed by atoms with van der Waals surface area (Å²) in [7, 11) is 0. The number of carbonyl (C=O) groups is 1. The molecule has 0 radical (unpaired) electrons. The van der Waals surface area contributed by atoms with Crippen molar-refractivity contribution in [2.24, 2.45) is 11.7 Å². The maximum absolute atomic E-state index is 11.1. The van der Waals surface area contributed by atoms with Gasteiger partial charge in [0.1, 0.15) is 5.82 Å². The van der Waals surface area contributed by atoms with Crippen LogP contribution >= 0.6 is 0 Å². The molecule has 5 heteroatoms. The smallest absolute Gasteiger partial charge is 0.356 e. The van der Waals surface area contributed by atoms with Crippen LogP contribution in [-0.4, -0.2) is 26.7 Å². The van der Waals surface area contributed by atoms with Crippen LogP contribution < -0.4 is 5.73 Å². The van der Waals surface area contributed by atoms with Gasteiger partial charge in [-0.05, 0) is 18.8 Å². The second kappa shape index (κ2) is 4.49. The normalized spacial score (nSPS) is 19.4. The van der Waals surface area contributed by atoms with Crippen molar-refractivity contribution in [1.29, 1.82) is 0 Å². The Labute approximate surface area is 101 Å². The van der Waals surface area contributed by atoms with Crippen molar-refractivity contribution in [3.8, 4) is 0 Å². The SMILES string of the molecule is CC(C)Cc1nc(C(=O)O)c2n1CC(N)CC2. The second-order valence-corrected chi connectivity index (χ2v) is 5.14. The minimum atomic E-state index is -0.931. The zero-order valence-electron chi connectivity index (χ0n) is 10.3. The average Bonchev–Trinajstić information content (AvgIpc) is 2.56. The molecule has 0 saturated heterocycles. The summed E-state index contributed by atoms with van der Waals surface area (Å²) >= 11 is 0. The van der Waals surface area contributed by atoms with Crippen molar-refractivity contribution >= 4 is 5.97 Å². The Morgan fingerprint density at radius 1 is 1.65 bits per heavy atom. The quantitative estimate of drug-likeness (QED) is 0.823. The van der Waals surface area contributed by atoms with Gasteiger partial charge in [-0.1, -0.05) is 13.8 Å². The van der Waals surface area contributed by atoms with E-state index in [0.29, 0.717) is 18.9 Å². The molecule has 1 aromatic rings. The topological polar surface area (TPSA) is 81.1 Å². The van der Waals surface area contributed by atoms with E-state index in [1.54, 1.807) is 0 Å². The largest absolute Gasteiger partial charge is 0.476 e. The number of carboxylic acid groups (broad SMARTS) is 1. The maximum Gasteiger partial charge on any atom is 0.356 e. The van der Waals surface area contributed by atoms with Crippen LogP contribution in [0.4, 0.5) is 0 Å². The number of rotatable bonds is 3. The summed E-state index contributed by atoms with van der Waals surface area (Å²) in [5.74, 6) is 0.392. The number of fused-ring (bicyclic) bond motifs is 1. The Kier molecular flexibility index (Phi) is 3.19. The third-order valence-electron chi connectivity index (χ3n) is 3.11. The number of carboxylic acids is 1. The van der Waals surface area contributed by atoms with E-state index in [0.717, 1.165) is 24.4 Å². The summed E-state index contributed by atoms with van der Waals surface area (Å²) in [6.45, 7) is 4.90. The van der Waals surface area contributed by atoms with Crippen molar-refractivity contribution in [1.82, 2.24) is 9.55 Å². The first-order valence-electron chi connectivity index (χ1n) is 6.06. The Bertz CT molecular complexity index is 437. The summed E-state index contributed by atoms with van der Waals surface area (Å²) in [6, 6.07) is 0.115. The van der Waals surface area contributed by atoms with Crippen LogP contribution in [0.5, 0.6) is 0 Å². The molecule has 94 valence electrons. The van der Waals surface area contributed by atoms with Gasteiger partial charge in [0.25, 0.3) is 0 Å². The molecule has 2 rings (SSSR count). The number of nitrogens with two attached hydrogens (primary N) is 1. The minimum absolute atomic E-state index is 0.115. The second-order valence-electron chi connectivity index (χ2n) is 5.14. The molecule has 1 aliphatic rings. The summed E-state index contributed by atoms with van der Waals surface area (Å²) in [5, 5.41) is 9.15. The zero-order valence-corrected chi connectivity index (χ0v) is 10.3. The molecule has 0 saturated carbocycles. The third-order valence-corrected chi connectivity index (χ3v) is 3.11. The average molecular weight is 237 g/mol. The fraction of sp³-hybridized carbons (Fsp3) is 0.667. The van der Waals surface area contributed by atoms with E-state index in [-0.39, 0.29) is 11.7 Å². The van der Waals surface area contributed by atoms with Gasteiger partial charge >= 0.3 is 5.97 Å². The molecule has 1 atom stereocenters. The van der Waals surface area contributed by atoms with Gasteiger partial charge in [-0.2, -0.15) is 0 Å². The van der Waals surface area contributed by atoms with Crippen LogP contribution in [0.25, 0.3) is 0 Å². The number of hydrogen-bond donors (Lipinski definition) is 2. The molecule has 1 aliphatic heterocycles. The maximum atomic E-state index is 11.1. The number of hydrogen-bond acceptors (Lipinski definition) is 3. The van der Waals surface area contributed by atoms with Crippen molar-refractivity contribution in [2.75, 3.05) is 0 Å². The first-order chi connectivity index (χ1) is 7.99. The van der Waals surface area contributed by atoms with Crippen LogP contribution in [-0.2, 0) is 19.4 Å². The molecule has 2 heterocycles. The van der Waals surface area contributed by atoms with E-state index in [4.69, 9.17) is 10.8 Å². The van der Waals surface area contributed by atoms with Gasteiger partial charge in [-0.3, -0.25) is 0 Å². The molecule has 3 N–H and O–H groups in total. The fourth-order valence-electron chi connectivity index (χ4n) is 2.35. The van der Waals surface area contributed by atoms with Crippen LogP contribution in [0.15, 0.2) is 0 Å². The van der Waals surface area contributed by atoms with Gasteiger partial charge in [0.05, 0.1) is 5.69 Å². The molecule has 1 aromatic heterocycles. The van der Waals surface area contributed by atoms with Gasteiger partial charge < -0.3 is 15.4 Å². The third kappa shape index (κ3) is 2.34. The molecule has 0 amide bonds. The standard InChI is InChI=1S/C12H19N3O2/c1-7(2)5-10-14-11(12(16)17)9-4-3-8(13)6-15(9)10/h7-8H,3-6,13H2,1-2H3,(H,16,17). The Balaban J connectivity index is 2.42. The molecule has 0 bridgehead atoms. The van der Waals surface area contributed by atoms with Crippen LogP contribution in [0, 0.1) is 5.92 Å². The summed E-state index contributed by atoms with van der Waals surface area (Å²) in [5.41, 5.74) is 7.00. The van der Waals surface area contributed by atoms with E-state index < -0.39 is 5.97 Å². The number of aromatic nitrogens is 2. The molecule has 5 nitrogen and oxygen atoms in total. The zero-order chi connectivity index (χ0) is 12.6. The van der Waals surface area contributed by atoms with E-state index in [1.165, 1.54) is 0 Å².